The summed E-state index contributed by atoms with van der Waals surface area (Å²) in [5.74, 6) is 0.0729. The van der Waals surface area contributed by atoms with Gasteiger partial charge in [-0.05, 0) is 24.6 Å². The van der Waals surface area contributed by atoms with Crippen molar-refractivity contribution in [2.45, 2.75) is 24.2 Å². The van der Waals surface area contributed by atoms with E-state index in [1.807, 2.05) is 0 Å². The minimum absolute atomic E-state index is 0.00154. The Balaban J connectivity index is 2.26. The van der Waals surface area contributed by atoms with E-state index in [4.69, 9.17) is 26.2 Å². The number of aromatic nitrogens is 3. The molecule has 3 aromatic rings. The van der Waals surface area contributed by atoms with E-state index in [-0.39, 0.29) is 34.6 Å². The molecule has 0 aliphatic heterocycles. The molecule has 0 saturated heterocycles. The summed E-state index contributed by atoms with van der Waals surface area (Å²) in [6.45, 7) is 0. The third kappa shape index (κ3) is 4.26. The Morgan fingerprint density at radius 1 is 1.21 bits per heavy atom. The summed E-state index contributed by atoms with van der Waals surface area (Å²) in [6.07, 6.45) is -1.75. The highest BCUT2D eigenvalue weighted by atomic mass is 35.5. The van der Waals surface area contributed by atoms with Gasteiger partial charge in [0.05, 0.1) is 25.3 Å². The van der Waals surface area contributed by atoms with Crippen molar-refractivity contribution < 1.29 is 26.7 Å². The fourth-order valence-electron chi connectivity index (χ4n) is 2.91. The summed E-state index contributed by atoms with van der Waals surface area (Å²) < 4.78 is 61.1. The van der Waals surface area contributed by atoms with Gasteiger partial charge in [-0.2, -0.15) is 9.97 Å². The van der Waals surface area contributed by atoms with Crippen LogP contribution in [0.4, 0.5) is 8.78 Å². The van der Waals surface area contributed by atoms with Crippen molar-refractivity contribution in [1.82, 2.24) is 14.5 Å². The first-order valence-corrected chi connectivity index (χ1v) is 10.2. The highest BCUT2D eigenvalue weighted by Gasteiger charge is 2.23. The van der Waals surface area contributed by atoms with Crippen molar-refractivity contribution in [2.75, 3.05) is 14.2 Å². The Hall–Kier alpha value is -2.50. The van der Waals surface area contributed by atoms with Gasteiger partial charge in [-0.1, -0.05) is 11.6 Å². The summed E-state index contributed by atoms with van der Waals surface area (Å²) in [5.41, 5.74) is 0.658. The lowest BCUT2D eigenvalue weighted by Gasteiger charge is -2.14. The first-order chi connectivity index (χ1) is 13.7. The van der Waals surface area contributed by atoms with Crippen LogP contribution in [0, 0.1) is 0 Å². The van der Waals surface area contributed by atoms with E-state index < -0.39 is 22.9 Å². The second-order valence-corrected chi connectivity index (χ2v) is 7.99. The fraction of sp³-hybridized carbons (Fsp3) is 0.294. The van der Waals surface area contributed by atoms with Crippen LogP contribution in [0.1, 0.15) is 12.0 Å². The lowest BCUT2D eigenvalue weighted by Crippen LogP contribution is -2.12. The lowest BCUT2D eigenvalue weighted by molar-refractivity contribution is 0.137. The molecule has 0 spiro atoms. The first kappa shape index (κ1) is 21.2. The minimum Gasteiger partial charge on any atom is -0.481 e. The fourth-order valence-corrected chi connectivity index (χ4v) is 3.80. The smallest absolute Gasteiger partial charge is 0.240 e. The van der Waals surface area contributed by atoms with Crippen molar-refractivity contribution in [2.24, 2.45) is 5.14 Å². The maximum atomic E-state index is 12.7. The number of benzene rings is 1. The topological polar surface area (TPSA) is 109 Å². The zero-order valence-electron chi connectivity index (χ0n) is 15.4. The van der Waals surface area contributed by atoms with E-state index in [9.17, 15) is 17.2 Å². The number of methoxy groups -OCH3 is 2. The molecule has 3 rings (SSSR count). The van der Waals surface area contributed by atoms with Gasteiger partial charge in [0.2, 0.25) is 34.2 Å². The second-order valence-electron chi connectivity index (χ2n) is 6.02. The molecule has 2 heterocycles. The van der Waals surface area contributed by atoms with Crippen LogP contribution in [0.2, 0.25) is 5.02 Å². The number of primary sulfonamides is 1. The van der Waals surface area contributed by atoms with E-state index in [0.717, 1.165) is 0 Å². The SMILES string of the molecule is COc1nc(-n2cc(S(N)(=O)=O)c3ccc(Cl)cc32)nc(OC)c1CCC(F)F. The Bertz CT molecular complexity index is 1140. The number of nitrogens with two attached hydrogens (primary N) is 1. The first-order valence-electron chi connectivity index (χ1n) is 8.26. The molecule has 0 unspecified atom stereocenters. The lowest BCUT2D eigenvalue weighted by atomic mass is 10.2. The van der Waals surface area contributed by atoms with Crippen molar-refractivity contribution in [3.63, 3.8) is 0 Å². The maximum Gasteiger partial charge on any atom is 0.240 e. The number of hydrogen-bond acceptors (Lipinski definition) is 6. The molecule has 0 amide bonds. The molecule has 8 nitrogen and oxygen atoms in total. The zero-order valence-corrected chi connectivity index (χ0v) is 17.0. The Labute approximate surface area is 170 Å². The Morgan fingerprint density at radius 3 is 2.34 bits per heavy atom. The van der Waals surface area contributed by atoms with E-state index in [2.05, 4.69) is 9.97 Å². The molecule has 0 aliphatic rings. The van der Waals surface area contributed by atoms with Gasteiger partial charge in [0.25, 0.3) is 0 Å². The molecule has 12 heteroatoms. The summed E-state index contributed by atoms with van der Waals surface area (Å²) in [5, 5.41) is 5.99. The molecule has 0 atom stereocenters. The third-order valence-electron chi connectivity index (χ3n) is 4.17. The van der Waals surface area contributed by atoms with Crippen LogP contribution >= 0.6 is 11.6 Å². The number of ether oxygens (including phenoxy) is 2. The highest BCUT2D eigenvalue weighted by molar-refractivity contribution is 7.89. The average molecular weight is 447 g/mol. The molecule has 0 saturated carbocycles. The molecular weight excluding hydrogens is 430 g/mol. The van der Waals surface area contributed by atoms with Gasteiger partial charge in [0, 0.05) is 23.0 Å². The van der Waals surface area contributed by atoms with Gasteiger partial charge < -0.3 is 9.47 Å². The maximum absolute atomic E-state index is 12.7. The zero-order chi connectivity index (χ0) is 21.3. The van der Waals surface area contributed by atoms with Crippen LogP contribution in [0.25, 0.3) is 16.9 Å². The van der Waals surface area contributed by atoms with Crippen LogP contribution in [0.15, 0.2) is 29.3 Å². The largest absolute Gasteiger partial charge is 0.481 e. The van der Waals surface area contributed by atoms with Crippen molar-refractivity contribution in [1.29, 1.82) is 0 Å². The van der Waals surface area contributed by atoms with Gasteiger partial charge >= 0.3 is 0 Å². The van der Waals surface area contributed by atoms with Crippen LogP contribution in [-0.4, -0.2) is 43.6 Å². The number of halogens is 3. The van der Waals surface area contributed by atoms with E-state index >= 15 is 0 Å². The van der Waals surface area contributed by atoms with E-state index in [0.29, 0.717) is 15.9 Å². The van der Waals surface area contributed by atoms with Gasteiger partial charge in [0.1, 0.15) is 4.90 Å². The molecule has 2 aromatic heterocycles. The van der Waals surface area contributed by atoms with Crippen molar-refractivity contribution in [3.05, 3.63) is 35.0 Å². The van der Waals surface area contributed by atoms with Crippen LogP contribution < -0.4 is 14.6 Å². The summed E-state index contributed by atoms with van der Waals surface area (Å²) in [6, 6.07) is 4.57. The van der Waals surface area contributed by atoms with Crippen molar-refractivity contribution in [3.8, 4) is 17.7 Å². The quantitative estimate of drug-likeness (QED) is 0.597. The van der Waals surface area contributed by atoms with Crippen molar-refractivity contribution >= 4 is 32.5 Å². The molecule has 156 valence electrons. The number of alkyl halides is 2. The number of rotatable bonds is 7. The molecule has 0 fully saturated rings. The Kier molecular flexibility index (Phi) is 5.92. The summed E-state index contributed by atoms with van der Waals surface area (Å²) in [7, 11) is -1.39. The molecule has 1 aromatic carbocycles. The molecular formula is C17H17ClF2N4O4S. The molecule has 0 aliphatic carbocycles. The number of fused-ring (bicyclic) bond motifs is 1. The molecule has 2 N–H and O–H groups in total. The van der Waals surface area contributed by atoms with E-state index in [1.165, 1.54) is 43.2 Å². The van der Waals surface area contributed by atoms with Gasteiger partial charge in [-0.3, -0.25) is 4.57 Å². The highest BCUT2D eigenvalue weighted by Crippen LogP contribution is 2.32. The molecule has 0 radical (unpaired) electrons. The van der Waals surface area contributed by atoms with Crippen LogP contribution in [0.3, 0.4) is 0 Å². The predicted molar refractivity (Wildman–Crippen MR) is 103 cm³/mol. The number of nitrogens with zero attached hydrogens (tertiary/aromatic N) is 3. The van der Waals surface area contributed by atoms with Gasteiger partial charge in [0.15, 0.2) is 0 Å². The molecule has 0 bridgehead atoms. The van der Waals surface area contributed by atoms with Gasteiger partial charge in [-0.25, -0.2) is 22.3 Å². The van der Waals surface area contributed by atoms with Crippen LogP contribution in [-0.2, 0) is 16.4 Å². The predicted octanol–water partition coefficient (Wildman–Crippen LogP) is 2.94. The normalized spacial score (nSPS) is 12.0. The minimum atomic E-state index is -4.05. The Morgan fingerprint density at radius 2 is 1.83 bits per heavy atom. The summed E-state index contributed by atoms with van der Waals surface area (Å²) in [4.78, 5) is 8.35. The number of hydrogen-bond donors (Lipinski definition) is 1. The standard InChI is InChI=1S/C17H17ClF2N4O4S/c1-27-15-11(5-6-14(19)20)16(28-2)23-17(22-15)24-8-13(29(21,25)26)10-4-3-9(18)7-12(10)24/h3-4,7-8,14H,5-6H2,1-2H3,(H2,21,25,26). The van der Waals surface area contributed by atoms with Gasteiger partial charge in [-0.15, -0.1) is 0 Å². The van der Waals surface area contributed by atoms with Crippen LogP contribution in [0.5, 0.6) is 11.8 Å². The van der Waals surface area contributed by atoms with E-state index in [1.54, 1.807) is 0 Å². The number of sulfonamides is 1. The monoisotopic (exact) mass is 446 g/mol. The molecule has 29 heavy (non-hydrogen) atoms. The third-order valence-corrected chi connectivity index (χ3v) is 5.35. The summed E-state index contributed by atoms with van der Waals surface area (Å²) >= 11 is 6.06. The average Bonchev–Trinajstić information content (AvgIpc) is 3.04. The second kappa shape index (κ2) is 8.09.